The molecule has 0 heterocycles. The molecule has 108 valence electrons. The van der Waals surface area contributed by atoms with Crippen molar-refractivity contribution in [3.63, 3.8) is 0 Å². The maximum absolute atomic E-state index is 5.65. The lowest BCUT2D eigenvalue weighted by molar-refractivity contribution is 0.242. The standard InChI is InChI=1S/C17H29NO/c1-13(2)19-16-9-7-15(8-10-16)11-14(3)12-18-17(4,5)6/h7-10,13-14,18H,11-12H2,1-6H3. The molecule has 1 unspecified atom stereocenters. The van der Waals surface area contributed by atoms with Crippen LogP contribution in [0.5, 0.6) is 5.75 Å². The lowest BCUT2D eigenvalue weighted by Gasteiger charge is -2.23. The summed E-state index contributed by atoms with van der Waals surface area (Å²) in [6, 6.07) is 8.48. The van der Waals surface area contributed by atoms with Crippen molar-refractivity contribution in [3.8, 4) is 5.75 Å². The normalized spacial score (nSPS) is 13.6. The van der Waals surface area contributed by atoms with E-state index in [4.69, 9.17) is 4.74 Å². The number of benzene rings is 1. The fourth-order valence-corrected chi connectivity index (χ4v) is 1.93. The molecule has 1 atom stereocenters. The fraction of sp³-hybridized carbons (Fsp3) is 0.647. The maximum Gasteiger partial charge on any atom is 0.119 e. The minimum Gasteiger partial charge on any atom is -0.491 e. The second-order valence-corrected chi connectivity index (χ2v) is 6.75. The van der Waals surface area contributed by atoms with Crippen molar-refractivity contribution >= 4 is 0 Å². The zero-order valence-electron chi connectivity index (χ0n) is 13.3. The highest BCUT2D eigenvalue weighted by molar-refractivity contribution is 5.27. The van der Waals surface area contributed by atoms with Gasteiger partial charge in [-0.2, -0.15) is 0 Å². The van der Waals surface area contributed by atoms with Crippen molar-refractivity contribution in [2.45, 2.75) is 59.6 Å². The average molecular weight is 263 g/mol. The third-order valence-electron chi connectivity index (χ3n) is 2.86. The molecular formula is C17H29NO. The molecule has 0 aromatic heterocycles. The molecule has 0 bridgehead atoms. The zero-order chi connectivity index (χ0) is 14.5. The summed E-state index contributed by atoms with van der Waals surface area (Å²) in [4.78, 5) is 0. The summed E-state index contributed by atoms with van der Waals surface area (Å²) >= 11 is 0. The van der Waals surface area contributed by atoms with Gasteiger partial charge in [0.1, 0.15) is 5.75 Å². The molecule has 1 aromatic carbocycles. The van der Waals surface area contributed by atoms with Gasteiger partial charge in [-0.05, 0) is 71.2 Å². The summed E-state index contributed by atoms with van der Waals surface area (Å²) < 4.78 is 5.65. The van der Waals surface area contributed by atoms with Crippen LogP contribution >= 0.6 is 0 Å². The van der Waals surface area contributed by atoms with Crippen LogP contribution in [0.1, 0.15) is 47.1 Å². The number of hydrogen-bond donors (Lipinski definition) is 1. The van der Waals surface area contributed by atoms with Crippen LogP contribution in [0.15, 0.2) is 24.3 Å². The van der Waals surface area contributed by atoms with Crippen LogP contribution in [0.4, 0.5) is 0 Å². The first-order valence-corrected chi connectivity index (χ1v) is 7.27. The molecule has 0 amide bonds. The number of ether oxygens (including phenoxy) is 1. The van der Waals surface area contributed by atoms with Gasteiger partial charge >= 0.3 is 0 Å². The Morgan fingerprint density at radius 3 is 2.11 bits per heavy atom. The van der Waals surface area contributed by atoms with Crippen LogP contribution in [0.25, 0.3) is 0 Å². The monoisotopic (exact) mass is 263 g/mol. The summed E-state index contributed by atoms with van der Waals surface area (Å²) in [7, 11) is 0. The van der Waals surface area contributed by atoms with E-state index in [0.717, 1.165) is 18.7 Å². The van der Waals surface area contributed by atoms with Gasteiger partial charge < -0.3 is 10.1 Å². The second kappa shape index (κ2) is 6.95. The van der Waals surface area contributed by atoms with Crippen molar-refractivity contribution in [2.75, 3.05) is 6.54 Å². The van der Waals surface area contributed by atoms with E-state index in [-0.39, 0.29) is 11.6 Å². The van der Waals surface area contributed by atoms with Crippen molar-refractivity contribution in [1.29, 1.82) is 0 Å². The van der Waals surface area contributed by atoms with E-state index in [1.807, 2.05) is 13.8 Å². The Morgan fingerprint density at radius 2 is 1.63 bits per heavy atom. The van der Waals surface area contributed by atoms with Gasteiger partial charge in [0.15, 0.2) is 0 Å². The van der Waals surface area contributed by atoms with E-state index in [2.05, 4.69) is 57.3 Å². The molecule has 2 nitrogen and oxygen atoms in total. The summed E-state index contributed by atoms with van der Waals surface area (Å²) in [5.74, 6) is 1.59. The van der Waals surface area contributed by atoms with Gasteiger partial charge in [0.05, 0.1) is 6.10 Å². The first-order chi connectivity index (χ1) is 8.76. The Hall–Kier alpha value is -1.02. The SMILES string of the molecule is CC(CNC(C)(C)C)Cc1ccc(OC(C)C)cc1. The topological polar surface area (TPSA) is 21.3 Å². The summed E-state index contributed by atoms with van der Waals surface area (Å²) in [6.45, 7) is 14.1. The molecule has 0 radical (unpaired) electrons. The van der Waals surface area contributed by atoms with E-state index in [1.165, 1.54) is 5.56 Å². The first-order valence-electron chi connectivity index (χ1n) is 7.27. The van der Waals surface area contributed by atoms with Gasteiger partial charge in [0.25, 0.3) is 0 Å². The minimum absolute atomic E-state index is 0.198. The number of nitrogens with one attached hydrogen (secondary N) is 1. The van der Waals surface area contributed by atoms with Crippen molar-refractivity contribution in [3.05, 3.63) is 29.8 Å². The fourth-order valence-electron chi connectivity index (χ4n) is 1.93. The van der Waals surface area contributed by atoms with Crippen molar-refractivity contribution in [1.82, 2.24) is 5.32 Å². The van der Waals surface area contributed by atoms with Crippen molar-refractivity contribution in [2.24, 2.45) is 5.92 Å². The summed E-state index contributed by atoms with van der Waals surface area (Å²) in [6.07, 6.45) is 1.34. The molecule has 1 N–H and O–H groups in total. The highest BCUT2D eigenvalue weighted by atomic mass is 16.5. The van der Waals surface area contributed by atoms with E-state index in [1.54, 1.807) is 0 Å². The van der Waals surface area contributed by atoms with Gasteiger partial charge in [-0.25, -0.2) is 0 Å². The number of hydrogen-bond acceptors (Lipinski definition) is 2. The van der Waals surface area contributed by atoms with Gasteiger partial charge in [-0.1, -0.05) is 19.1 Å². The van der Waals surface area contributed by atoms with E-state index in [9.17, 15) is 0 Å². The Balaban J connectivity index is 2.44. The third-order valence-corrected chi connectivity index (χ3v) is 2.86. The average Bonchev–Trinajstić information content (AvgIpc) is 2.28. The largest absolute Gasteiger partial charge is 0.491 e. The smallest absolute Gasteiger partial charge is 0.119 e. The Bertz CT molecular complexity index is 362. The molecule has 1 rings (SSSR count). The van der Waals surface area contributed by atoms with Gasteiger partial charge in [0, 0.05) is 5.54 Å². The van der Waals surface area contributed by atoms with E-state index in [0.29, 0.717) is 5.92 Å². The van der Waals surface area contributed by atoms with Crippen LogP contribution in [0.3, 0.4) is 0 Å². The van der Waals surface area contributed by atoms with E-state index < -0.39 is 0 Å². The zero-order valence-corrected chi connectivity index (χ0v) is 13.3. The van der Waals surface area contributed by atoms with Gasteiger partial charge in [0.2, 0.25) is 0 Å². The van der Waals surface area contributed by atoms with Gasteiger partial charge in [-0.15, -0.1) is 0 Å². The van der Waals surface area contributed by atoms with E-state index >= 15 is 0 Å². The van der Waals surface area contributed by atoms with Crippen LogP contribution in [-0.4, -0.2) is 18.2 Å². The molecule has 0 fully saturated rings. The summed E-state index contributed by atoms with van der Waals surface area (Å²) in [5.41, 5.74) is 1.57. The van der Waals surface area contributed by atoms with Crippen LogP contribution in [0.2, 0.25) is 0 Å². The molecule has 0 aliphatic heterocycles. The predicted molar refractivity (Wildman–Crippen MR) is 82.8 cm³/mol. The second-order valence-electron chi connectivity index (χ2n) is 6.75. The molecule has 0 aliphatic rings. The third kappa shape index (κ3) is 7.22. The quantitative estimate of drug-likeness (QED) is 0.836. The predicted octanol–water partition coefficient (Wildman–Crippen LogP) is 4.04. The lowest BCUT2D eigenvalue weighted by Crippen LogP contribution is -2.38. The lowest BCUT2D eigenvalue weighted by atomic mass is 9.99. The molecule has 0 spiro atoms. The van der Waals surface area contributed by atoms with Gasteiger partial charge in [-0.3, -0.25) is 0 Å². The first kappa shape index (κ1) is 16.0. The Morgan fingerprint density at radius 1 is 1.05 bits per heavy atom. The molecule has 2 heteroatoms. The van der Waals surface area contributed by atoms with Crippen LogP contribution in [-0.2, 0) is 6.42 Å². The van der Waals surface area contributed by atoms with Crippen molar-refractivity contribution < 1.29 is 4.74 Å². The number of rotatable bonds is 6. The highest BCUT2D eigenvalue weighted by Gasteiger charge is 2.11. The molecule has 0 aliphatic carbocycles. The van der Waals surface area contributed by atoms with Crippen LogP contribution in [0, 0.1) is 5.92 Å². The minimum atomic E-state index is 0.198. The maximum atomic E-state index is 5.65. The molecule has 0 saturated carbocycles. The molecule has 1 aromatic rings. The van der Waals surface area contributed by atoms with Crippen LogP contribution < -0.4 is 10.1 Å². The molecular weight excluding hydrogens is 234 g/mol. The summed E-state index contributed by atoms with van der Waals surface area (Å²) in [5, 5.41) is 3.55. The molecule has 19 heavy (non-hydrogen) atoms. The Kier molecular flexibility index (Phi) is 5.86. The highest BCUT2D eigenvalue weighted by Crippen LogP contribution is 2.16. The molecule has 0 saturated heterocycles. The Labute approximate surface area is 118 Å².